The summed E-state index contributed by atoms with van der Waals surface area (Å²) in [5.74, 6) is 0. The van der Waals surface area contributed by atoms with Gasteiger partial charge < -0.3 is 4.98 Å². The van der Waals surface area contributed by atoms with Gasteiger partial charge in [0.25, 0.3) is 0 Å². The molecule has 13 heavy (non-hydrogen) atoms. The molecule has 0 saturated carbocycles. The molecule has 2 aromatic rings. The minimum Gasteiger partial charge on any atom is -0.361 e. The van der Waals surface area contributed by atoms with Gasteiger partial charge in [0.2, 0.25) is 0 Å². The molecule has 0 aliphatic carbocycles. The van der Waals surface area contributed by atoms with Crippen LogP contribution >= 0.6 is 0 Å². The van der Waals surface area contributed by atoms with Crippen LogP contribution in [-0.4, -0.2) is 4.98 Å². The van der Waals surface area contributed by atoms with E-state index in [2.05, 4.69) is 30.6 Å². The summed E-state index contributed by atoms with van der Waals surface area (Å²) in [5, 5.41) is 1.23. The van der Waals surface area contributed by atoms with Crippen LogP contribution in [0.15, 0.2) is 37.0 Å². The highest BCUT2D eigenvalue weighted by Crippen LogP contribution is 2.24. The Labute approximate surface area is 78.1 Å². The van der Waals surface area contributed by atoms with Gasteiger partial charge in [0.15, 0.2) is 0 Å². The highest BCUT2D eigenvalue weighted by atomic mass is 14.7. The minimum absolute atomic E-state index is 0.752. The maximum Gasteiger partial charge on any atom is 0.0460 e. The van der Waals surface area contributed by atoms with Gasteiger partial charge in [0.1, 0.15) is 0 Å². The lowest BCUT2D eigenvalue weighted by atomic mass is 10.0. The molecule has 1 aromatic carbocycles. The van der Waals surface area contributed by atoms with Crippen LogP contribution in [0, 0.1) is 6.92 Å². The van der Waals surface area contributed by atoms with Crippen LogP contribution in [0.3, 0.4) is 0 Å². The number of allylic oxidation sites excluding steroid dienone is 1. The van der Waals surface area contributed by atoms with Gasteiger partial charge >= 0.3 is 0 Å². The SMILES string of the molecule is [CH2]CC(=C)c1c[nH]c2ccccc12. The maximum atomic E-state index is 3.98. The first-order valence-electron chi connectivity index (χ1n) is 4.36. The molecule has 1 aromatic heterocycles. The number of para-hydroxylation sites is 1. The molecule has 0 saturated heterocycles. The second-order valence-corrected chi connectivity index (χ2v) is 3.10. The Bertz CT molecular complexity index is 437. The molecule has 0 bridgehead atoms. The summed E-state index contributed by atoms with van der Waals surface area (Å²) in [6, 6.07) is 8.23. The number of fused-ring (bicyclic) bond motifs is 1. The normalized spacial score (nSPS) is 10.5. The molecule has 1 heterocycles. The fraction of sp³-hybridized carbons (Fsp3) is 0.0833. The molecule has 0 spiro atoms. The predicted octanol–water partition coefficient (Wildman–Crippen LogP) is 3.41. The molecule has 1 N–H and O–H groups in total. The van der Waals surface area contributed by atoms with Crippen molar-refractivity contribution in [3.8, 4) is 0 Å². The molecule has 2 rings (SSSR count). The molecule has 65 valence electrons. The van der Waals surface area contributed by atoms with Gasteiger partial charge in [-0.05, 0) is 25.0 Å². The fourth-order valence-corrected chi connectivity index (χ4v) is 1.50. The lowest BCUT2D eigenvalue weighted by molar-refractivity contribution is 1.40. The van der Waals surface area contributed by atoms with E-state index in [-0.39, 0.29) is 0 Å². The smallest absolute Gasteiger partial charge is 0.0460 e. The summed E-state index contributed by atoms with van der Waals surface area (Å²) in [5.41, 5.74) is 3.43. The van der Waals surface area contributed by atoms with Crippen LogP contribution < -0.4 is 0 Å². The first-order chi connectivity index (χ1) is 6.33. The average molecular weight is 170 g/mol. The zero-order valence-electron chi connectivity index (χ0n) is 7.51. The van der Waals surface area contributed by atoms with Crippen LogP contribution in [0.1, 0.15) is 12.0 Å². The van der Waals surface area contributed by atoms with Crippen molar-refractivity contribution in [2.45, 2.75) is 6.42 Å². The van der Waals surface area contributed by atoms with Gasteiger partial charge in [-0.2, -0.15) is 0 Å². The molecule has 0 aliphatic rings. The third-order valence-electron chi connectivity index (χ3n) is 2.27. The summed E-state index contributed by atoms with van der Waals surface area (Å²) in [4.78, 5) is 3.21. The van der Waals surface area contributed by atoms with Gasteiger partial charge in [0, 0.05) is 22.7 Å². The fourth-order valence-electron chi connectivity index (χ4n) is 1.50. The average Bonchev–Trinajstić information content (AvgIpc) is 2.60. The van der Waals surface area contributed by atoms with Gasteiger partial charge in [-0.1, -0.05) is 24.8 Å². The number of hydrogen-bond acceptors (Lipinski definition) is 0. The zero-order chi connectivity index (χ0) is 9.26. The van der Waals surface area contributed by atoms with Crippen molar-refractivity contribution >= 4 is 16.5 Å². The number of hydrogen-bond donors (Lipinski definition) is 1. The van der Waals surface area contributed by atoms with E-state index in [0.717, 1.165) is 17.5 Å². The Balaban J connectivity index is 2.64. The second kappa shape index (κ2) is 3.09. The second-order valence-electron chi connectivity index (χ2n) is 3.10. The third-order valence-corrected chi connectivity index (χ3v) is 2.27. The van der Waals surface area contributed by atoms with Gasteiger partial charge in [-0.3, -0.25) is 0 Å². The maximum absolute atomic E-state index is 3.98. The molecule has 0 fully saturated rings. The van der Waals surface area contributed by atoms with Crippen molar-refractivity contribution in [1.29, 1.82) is 0 Å². The summed E-state index contributed by atoms with van der Waals surface area (Å²) in [6.45, 7) is 7.82. The Hall–Kier alpha value is -1.50. The van der Waals surface area contributed by atoms with E-state index >= 15 is 0 Å². The summed E-state index contributed by atoms with van der Waals surface area (Å²) >= 11 is 0. The molecule has 1 radical (unpaired) electrons. The topological polar surface area (TPSA) is 15.8 Å². The molecular formula is C12H12N. The highest BCUT2D eigenvalue weighted by Gasteiger charge is 2.03. The van der Waals surface area contributed by atoms with E-state index in [1.165, 1.54) is 10.9 Å². The van der Waals surface area contributed by atoms with Crippen molar-refractivity contribution in [3.63, 3.8) is 0 Å². The first-order valence-corrected chi connectivity index (χ1v) is 4.36. The number of rotatable bonds is 2. The van der Waals surface area contributed by atoms with E-state index < -0.39 is 0 Å². The Morgan fingerprint density at radius 1 is 1.31 bits per heavy atom. The molecule has 0 aliphatic heterocycles. The summed E-state index contributed by atoms with van der Waals surface area (Å²) in [6.07, 6.45) is 2.75. The van der Waals surface area contributed by atoms with Gasteiger partial charge in [-0.15, -0.1) is 0 Å². The van der Waals surface area contributed by atoms with E-state index in [1.807, 2.05) is 18.3 Å². The van der Waals surface area contributed by atoms with Crippen LogP contribution in [0.2, 0.25) is 0 Å². The quantitative estimate of drug-likeness (QED) is 0.711. The Morgan fingerprint density at radius 3 is 2.85 bits per heavy atom. The lowest BCUT2D eigenvalue weighted by Crippen LogP contribution is -1.76. The van der Waals surface area contributed by atoms with Crippen molar-refractivity contribution in [2.75, 3.05) is 0 Å². The monoisotopic (exact) mass is 170 g/mol. The molecular weight excluding hydrogens is 158 g/mol. The molecule has 1 nitrogen and oxygen atoms in total. The van der Waals surface area contributed by atoms with E-state index in [9.17, 15) is 0 Å². The predicted molar refractivity (Wildman–Crippen MR) is 57.3 cm³/mol. The Morgan fingerprint density at radius 2 is 2.08 bits per heavy atom. The standard InChI is InChI=1S/C12H12N/c1-3-9(2)11-8-13-12-7-5-4-6-10(11)12/h4-8,13H,1-3H2. The van der Waals surface area contributed by atoms with Gasteiger partial charge in [0.05, 0.1) is 0 Å². The number of nitrogens with one attached hydrogen (secondary N) is 1. The molecule has 1 heteroatoms. The minimum atomic E-state index is 0.752. The van der Waals surface area contributed by atoms with Crippen LogP contribution in [-0.2, 0) is 0 Å². The lowest BCUT2D eigenvalue weighted by Gasteiger charge is -1.98. The first kappa shape index (κ1) is 8.11. The number of H-pyrrole nitrogens is 1. The Kier molecular flexibility index (Phi) is 1.93. The zero-order valence-corrected chi connectivity index (χ0v) is 7.51. The van der Waals surface area contributed by atoms with Gasteiger partial charge in [-0.25, -0.2) is 0 Å². The summed E-state index contributed by atoms with van der Waals surface area (Å²) < 4.78 is 0. The number of benzene rings is 1. The van der Waals surface area contributed by atoms with Crippen LogP contribution in [0.4, 0.5) is 0 Å². The van der Waals surface area contributed by atoms with Crippen molar-refractivity contribution in [2.24, 2.45) is 0 Å². The molecule has 0 atom stereocenters. The van der Waals surface area contributed by atoms with Crippen molar-refractivity contribution < 1.29 is 0 Å². The number of aromatic amines is 1. The molecule has 0 amide bonds. The van der Waals surface area contributed by atoms with E-state index in [0.29, 0.717) is 0 Å². The number of aromatic nitrogens is 1. The van der Waals surface area contributed by atoms with E-state index in [1.54, 1.807) is 0 Å². The highest BCUT2D eigenvalue weighted by molar-refractivity contribution is 5.92. The van der Waals surface area contributed by atoms with E-state index in [4.69, 9.17) is 0 Å². The van der Waals surface area contributed by atoms with Crippen LogP contribution in [0.5, 0.6) is 0 Å². The summed E-state index contributed by atoms with van der Waals surface area (Å²) in [7, 11) is 0. The third kappa shape index (κ3) is 1.26. The van der Waals surface area contributed by atoms with Crippen LogP contribution in [0.25, 0.3) is 16.5 Å². The molecule has 0 unspecified atom stereocenters. The largest absolute Gasteiger partial charge is 0.361 e. The van der Waals surface area contributed by atoms with Crippen molar-refractivity contribution in [1.82, 2.24) is 4.98 Å². The van der Waals surface area contributed by atoms with Crippen molar-refractivity contribution in [3.05, 3.63) is 49.5 Å².